The van der Waals surface area contributed by atoms with Crippen LogP contribution in [0.3, 0.4) is 0 Å². The number of hydrogen-bond donors (Lipinski definition) is 0. The van der Waals surface area contributed by atoms with Gasteiger partial charge in [0.1, 0.15) is 13.4 Å². The lowest BCUT2D eigenvalue weighted by atomic mass is 9.88. The predicted molar refractivity (Wildman–Crippen MR) is 121 cm³/mol. The molecule has 2 unspecified atom stereocenters. The van der Waals surface area contributed by atoms with Crippen LogP contribution in [0.15, 0.2) is 12.1 Å². The summed E-state index contributed by atoms with van der Waals surface area (Å²) in [5, 5.41) is 0. The average Bonchev–Trinajstić information content (AvgIpc) is 2.62. The SMILES string of the molecule is [B]c1cc(C(=O)OC)c(C)c(N(CC)C2CC(C)N(C(=O)OC(C)(C)C)[C@H](C)C2)c1. The largest absolute Gasteiger partial charge is 0.465 e. The van der Waals surface area contributed by atoms with Gasteiger partial charge >= 0.3 is 12.1 Å². The quantitative estimate of drug-likeness (QED) is 0.557. The zero-order valence-corrected chi connectivity index (χ0v) is 19.6. The number of rotatable bonds is 4. The van der Waals surface area contributed by atoms with Gasteiger partial charge in [0.25, 0.3) is 0 Å². The molecule has 0 bridgehead atoms. The molecule has 3 atom stereocenters. The van der Waals surface area contributed by atoms with Crippen molar-refractivity contribution in [2.24, 2.45) is 0 Å². The van der Waals surface area contributed by atoms with Gasteiger partial charge in [-0.2, -0.15) is 0 Å². The molecule has 1 aliphatic rings. The van der Waals surface area contributed by atoms with Crippen molar-refractivity contribution in [3.05, 3.63) is 23.3 Å². The Morgan fingerprint density at radius 1 is 1.20 bits per heavy atom. The van der Waals surface area contributed by atoms with Gasteiger partial charge in [-0.15, -0.1) is 0 Å². The monoisotopic (exact) mass is 414 g/mol. The van der Waals surface area contributed by atoms with Crippen LogP contribution in [0.25, 0.3) is 0 Å². The normalized spacial score (nSPS) is 21.9. The molecule has 1 aliphatic heterocycles. The second-order valence-corrected chi connectivity index (χ2v) is 9.20. The van der Waals surface area contributed by atoms with Crippen LogP contribution in [-0.2, 0) is 9.47 Å². The highest BCUT2D eigenvalue weighted by Gasteiger charge is 2.38. The molecule has 0 saturated carbocycles. The summed E-state index contributed by atoms with van der Waals surface area (Å²) in [4.78, 5) is 29.1. The third-order valence-corrected chi connectivity index (χ3v) is 5.68. The average molecular weight is 414 g/mol. The molecule has 164 valence electrons. The standard InChI is InChI=1S/C23H35BN2O4/c1-9-25(20-13-17(24)12-19(16(20)4)21(27)29-8)18-10-14(2)26(15(3)11-18)22(28)30-23(5,6)7/h12-15,18H,9-11H2,1-8H3/t14-,15?,18?/m1/s1. The zero-order valence-electron chi connectivity index (χ0n) is 19.6. The van der Waals surface area contributed by atoms with Crippen molar-refractivity contribution in [1.29, 1.82) is 0 Å². The third-order valence-electron chi connectivity index (χ3n) is 5.68. The Kier molecular flexibility index (Phi) is 7.48. The Bertz CT molecular complexity index is 778. The van der Waals surface area contributed by atoms with E-state index in [1.807, 2.05) is 38.7 Å². The van der Waals surface area contributed by atoms with E-state index in [1.165, 1.54) is 7.11 Å². The molecule has 0 N–H and O–H groups in total. The molecular formula is C23H35BN2O4. The zero-order chi connectivity index (χ0) is 22.8. The molecule has 1 aromatic carbocycles. The van der Waals surface area contributed by atoms with E-state index in [0.29, 0.717) is 11.0 Å². The molecule has 1 heterocycles. The van der Waals surface area contributed by atoms with Crippen LogP contribution in [-0.4, -0.2) is 62.2 Å². The molecule has 6 nitrogen and oxygen atoms in total. The molecule has 2 rings (SSSR count). The fourth-order valence-electron chi connectivity index (χ4n) is 4.44. The molecule has 0 aliphatic carbocycles. The van der Waals surface area contributed by atoms with E-state index >= 15 is 0 Å². The number of anilines is 1. The molecule has 30 heavy (non-hydrogen) atoms. The van der Waals surface area contributed by atoms with Crippen molar-refractivity contribution in [2.45, 2.75) is 85.0 Å². The van der Waals surface area contributed by atoms with Crippen LogP contribution >= 0.6 is 0 Å². The lowest BCUT2D eigenvalue weighted by Gasteiger charge is -2.47. The van der Waals surface area contributed by atoms with Gasteiger partial charge < -0.3 is 19.3 Å². The predicted octanol–water partition coefficient (Wildman–Crippen LogP) is 3.58. The van der Waals surface area contributed by atoms with Crippen LogP contribution in [0.4, 0.5) is 10.5 Å². The first-order valence-electron chi connectivity index (χ1n) is 10.7. The van der Waals surface area contributed by atoms with Crippen molar-refractivity contribution in [1.82, 2.24) is 4.90 Å². The van der Waals surface area contributed by atoms with E-state index in [4.69, 9.17) is 17.3 Å². The Morgan fingerprint density at radius 2 is 1.77 bits per heavy atom. The number of ether oxygens (including phenoxy) is 2. The minimum atomic E-state index is -0.522. The van der Waals surface area contributed by atoms with E-state index in [2.05, 4.69) is 25.7 Å². The van der Waals surface area contributed by atoms with Gasteiger partial charge in [0.05, 0.1) is 12.7 Å². The van der Waals surface area contributed by atoms with Crippen molar-refractivity contribution in [3.8, 4) is 0 Å². The van der Waals surface area contributed by atoms with Crippen LogP contribution < -0.4 is 10.4 Å². The highest BCUT2D eigenvalue weighted by molar-refractivity contribution is 6.33. The molecule has 0 aromatic heterocycles. The first-order chi connectivity index (χ1) is 13.9. The number of benzene rings is 1. The minimum absolute atomic E-state index is 0.0316. The second kappa shape index (κ2) is 9.31. The minimum Gasteiger partial charge on any atom is -0.465 e. The maximum Gasteiger partial charge on any atom is 0.410 e. The number of nitrogens with zero attached hydrogens (tertiary/aromatic N) is 2. The number of amides is 1. The number of carbonyl (C=O) groups excluding carboxylic acids is 2. The number of likely N-dealkylation sites (tertiary alicyclic amines) is 1. The highest BCUT2D eigenvalue weighted by Crippen LogP contribution is 2.33. The fourth-order valence-corrected chi connectivity index (χ4v) is 4.44. The van der Waals surface area contributed by atoms with Crippen molar-refractivity contribution in [3.63, 3.8) is 0 Å². The third kappa shape index (κ3) is 5.29. The van der Waals surface area contributed by atoms with Gasteiger partial charge in [-0.1, -0.05) is 11.5 Å². The maximum absolute atomic E-state index is 12.7. The van der Waals surface area contributed by atoms with E-state index in [9.17, 15) is 9.59 Å². The van der Waals surface area contributed by atoms with Crippen LogP contribution in [0, 0.1) is 6.92 Å². The van der Waals surface area contributed by atoms with Gasteiger partial charge in [-0.3, -0.25) is 0 Å². The first kappa shape index (κ1) is 24.1. The molecule has 0 spiro atoms. The Balaban J connectivity index is 2.31. The molecule has 1 saturated heterocycles. The number of hydrogen-bond acceptors (Lipinski definition) is 5. The van der Waals surface area contributed by atoms with Crippen molar-refractivity contribution >= 4 is 31.1 Å². The summed E-state index contributed by atoms with van der Waals surface area (Å²) in [5.41, 5.74) is 2.28. The molecule has 1 amide bonds. The van der Waals surface area contributed by atoms with Crippen molar-refractivity contribution < 1.29 is 19.1 Å². The molecule has 1 fully saturated rings. The summed E-state index contributed by atoms with van der Waals surface area (Å²) >= 11 is 0. The Hall–Kier alpha value is -2.18. The second-order valence-electron chi connectivity index (χ2n) is 9.20. The smallest absolute Gasteiger partial charge is 0.410 e. The van der Waals surface area contributed by atoms with Gasteiger partial charge in [-0.25, -0.2) is 9.59 Å². The lowest BCUT2D eigenvalue weighted by Crippen LogP contribution is -2.56. The summed E-state index contributed by atoms with van der Waals surface area (Å²) in [5.74, 6) is -0.390. The molecule has 7 heteroatoms. The summed E-state index contributed by atoms with van der Waals surface area (Å²) in [6, 6.07) is 3.85. The number of methoxy groups -OCH3 is 1. The van der Waals surface area contributed by atoms with Gasteiger partial charge in [0.2, 0.25) is 0 Å². The van der Waals surface area contributed by atoms with Crippen LogP contribution in [0.1, 0.15) is 70.3 Å². The molecular weight excluding hydrogens is 379 g/mol. The van der Waals surface area contributed by atoms with E-state index in [1.54, 1.807) is 6.07 Å². The molecule has 2 radical (unpaired) electrons. The van der Waals surface area contributed by atoms with E-state index < -0.39 is 11.6 Å². The first-order valence-corrected chi connectivity index (χ1v) is 10.7. The van der Waals surface area contributed by atoms with Gasteiger partial charge in [0, 0.05) is 30.4 Å². The summed E-state index contributed by atoms with van der Waals surface area (Å²) in [6.45, 7) is 14.6. The Morgan fingerprint density at radius 3 is 2.23 bits per heavy atom. The fraction of sp³-hybridized carbons (Fsp3) is 0.652. The Labute approximate surface area is 182 Å². The van der Waals surface area contributed by atoms with E-state index in [-0.39, 0.29) is 24.2 Å². The van der Waals surface area contributed by atoms with Crippen LogP contribution in [0.5, 0.6) is 0 Å². The molecule has 1 aromatic rings. The van der Waals surface area contributed by atoms with Gasteiger partial charge in [-0.05, 0) is 72.9 Å². The number of piperidine rings is 1. The number of carbonyl (C=O) groups is 2. The topological polar surface area (TPSA) is 59.1 Å². The highest BCUT2D eigenvalue weighted by atomic mass is 16.6. The maximum atomic E-state index is 12.7. The summed E-state index contributed by atoms with van der Waals surface area (Å²) < 4.78 is 10.5. The summed E-state index contributed by atoms with van der Waals surface area (Å²) in [6.07, 6.45) is 1.34. The number of esters is 1. The lowest BCUT2D eigenvalue weighted by molar-refractivity contribution is -0.00252. The van der Waals surface area contributed by atoms with E-state index in [0.717, 1.165) is 30.6 Å². The van der Waals surface area contributed by atoms with Gasteiger partial charge in [0.15, 0.2) is 0 Å². The van der Waals surface area contributed by atoms with Crippen molar-refractivity contribution in [2.75, 3.05) is 18.6 Å². The summed E-state index contributed by atoms with van der Waals surface area (Å²) in [7, 11) is 7.49. The van der Waals surface area contributed by atoms with Crippen LogP contribution in [0.2, 0.25) is 0 Å².